The van der Waals surface area contributed by atoms with E-state index in [9.17, 15) is 0 Å². The Balaban J connectivity index is 1.42. The van der Waals surface area contributed by atoms with Gasteiger partial charge in [-0.2, -0.15) is 4.98 Å². The molecule has 1 aliphatic heterocycles. The van der Waals surface area contributed by atoms with Crippen molar-refractivity contribution < 1.29 is 13.6 Å². The van der Waals surface area contributed by atoms with E-state index in [1.54, 1.807) is 7.11 Å². The van der Waals surface area contributed by atoms with Crippen molar-refractivity contribution in [3.63, 3.8) is 0 Å². The van der Waals surface area contributed by atoms with Crippen LogP contribution in [0.2, 0.25) is 0 Å². The van der Waals surface area contributed by atoms with E-state index in [1.165, 1.54) is 0 Å². The smallest absolute Gasteiger partial charge is 0.323 e. The fraction of sp³-hybridized carbons (Fsp3) is 0.438. The molecule has 0 saturated carbocycles. The summed E-state index contributed by atoms with van der Waals surface area (Å²) in [4.78, 5) is 6.60. The van der Waals surface area contributed by atoms with Crippen molar-refractivity contribution in [3.05, 3.63) is 29.7 Å². The lowest BCUT2D eigenvalue weighted by atomic mass is 10.2. The summed E-state index contributed by atoms with van der Waals surface area (Å²) < 4.78 is 16.6. The van der Waals surface area contributed by atoms with Gasteiger partial charge in [0.15, 0.2) is 5.58 Å². The van der Waals surface area contributed by atoms with Crippen molar-refractivity contribution >= 4 is 23.1 Å². The van der Waals surface area contributed by atoms with Gasteiger partial charge in [0.05, 0.1) is 12.6 Å². The van der Waals surface area contributed by atoms with Crippen LogP contribution >= 0.6 is 0 Å². The Morgan fingerprint density at radius 2 is 2.21 bits per heavy atom. The SMILES string of the molecule is COC1CCN(Cc2nnc(Nc3nc4cc(C)ccc4o3)o2)C1. The predicted octanol–water partition coefficient (Wildman–Crippen LogP) is 2.48. The van der Waals surface area contributed by atoms with Crippen molar-refractivity contribution in [3.8, 4) is 0 Å². The highest BCUT2D eigenvalue weighted by Gasteiger charge is 2.23. The van der Waals surface area contributed by atoms with Crippen molar-refractivity contribution in [2.24, 2.45) is 0 Å². The van der Waals surface area contributed by atoms with Crippen LogP contribution in [0.25, 0.3) is 11.1 Å². The van der Waals surface area contributed by atoms with E-state index < -0.39 is 0 Å². The molecule has 8 heteroatoms. The van der Waals surface area contributed by atoms with Gasteiger partial charge in [0.1, 0.15) is 5.52 Å². The van der Waals surface area contributed by atoms with Gasteiger partial charge in [-0.3, -0.25) is 10.2 Å². The molecule has 0 bridgehead atoms. The molecule has 1 unspecified atom stereocenters. The molecule has 1 aliphatic rings. The zero-order chi connectivity index (χ0) is 16.5. The van der Waals surface area contributed by atoms with Crippen molar-refractivity contribution in [2.45, 2.75) is 26.0 Å². The van der Waals surface area contributed by atoms with Gasteiger partial charge in [0, 0.05) is 20.2 Å². The zero-order valence-electron chi connectivity index (χ0n) is 13.7. The average molecular weight is 329 g/mol. The van der Waals surface area contributed by atoms with E-state index in [-0.39, 0.29) is 12.1 Å². The number of oxazole rings is 1. The number of aryl methyl sites for hydroxylation is 1. The highest BCUT2D eigenvalue weighted by Crippen LogP contribution is 2.23. The molecule has 1 saturated heterocycles. The second-order valence-electron chi connectivity index (χ2n) is 6.00. The number of aromatic nitrogens is 3. The number of benzene rings is 1. The van der Waals surface area contributed by atoms with E-state index in [1.807, 2.05) is 25.1 Å². The van der Waals surface area contributed by atoms with E-state index >= 15 is 0 Å². The van der Waals surface area contributed by atoms with Gasteiger partial charge in [0.25, 0.3) is 0 Å². The standard InChI is InChI=1S/C16H19N5O3/c1-10-3-4-13-12(7-10)17-15(23-13)18-16-20-19-14(24-16)9-21-6-5-11(8-21)22-2/h3-4,7,11H,5-6,8-9H2,1-2H3,(H,17,18,20). The first-order valence-electron chi connectivity index (χ1n) is 7.91. The summed E-state index contributed by atoms with van der Waals surface area (Å²) >= 11 is 0. The van der Waals surface area contributed by atoms with Gasteiger partial charge in [-0.1, -0.05) is 11.2 Å². The molecule has 24 heavy (non-hydrogen) atoms. The first-order valence-corrected chi connectivity index (χ1v) is 7.91. The van der Waals surface area contributed by atoms with Gasteiger partial charge < -0.3 is 13.6 Å². The fourth-order valence-corrected chi connectivity index (χ4v) is 2.87. The lowest BCUT2D eigenvalue weighted by Crippen LogP contribution is -2.22. The lowest BCUT2D eigenvalue weighted by molar-refractivity contribution is 0.106. The Morgan fingerprint density at radius 1 is 1.29 bits per heavy atom. The number of hydrogen-bond donors (Lipinski definition) is 1. The van der Waals surface area contributed by atoms with E-state index in [0.717, 1.165) is 30.6 Å². The van der Waals surface area contributed by atoms with Gasteiger partial charge >= 0.3 is 12.0 Å². The van der Waals surface area contributed by atoms with E-state index in [4.69, 9.17) is 13.6 Å². The third-order valence-corrected chi connectivity index (χ3v) is 4.15. The lowest BCUT2D eigenvalue weighted by Gasteiger charge is -2.12. The van der Waals surface area contributed by atoms with Crippen LogP contribution < -0.4 is 5.32 Å². The summed E-state index contributed by atoms with van der Waals surface area (Å²) in [5.74, 6) is 0.557. The summed E-state index contributed by atoms with van der Waals surface area (Å²) in [5, 5.41) is 11.0. The molecule has 1 atom stereocenters. The minimum absolute atomic E-state index is 0.274. The molecule has 1 aromatic carbocycles. The number of nitrogens with one attached hydrogen (secondary N) is 1. The first-order chi connectivity index (χ1) is 11.7. The molecule has 1 N–H and O–H groups in total. The minimum atomic E-state index is 0.274. The number of rotatable bonds is 5. The zero-order valence-corrected chi connectivity index (χ0v) is 13.7. The van der Waals surface area contributed by atoms with Gasteiger partial charge in [-0.05, 0) is 31.0 Å². The second-order valence-corrected chi connectivity index (χ2v) is 6.00. The monoisotopic (exact) mass is 329 g/mol. The van der Waals surface area contributed by atoms with Crippen LogP contribution in [0.1, 0.15) is 17.9 Å². The summed E-state index contributed by atoms with van der Waals surface area (Å²) in [6.45, 7) is 4.47. The molecule has 8 nitrogen and oxygen atoms in total. The number of anilines is 2. The first kappa shape index (κ1) is 15.1. The van der Waals surface area contributed by atoms with Crippen molar-refractivity contribution in [2.75, 3.05) is 25.5 Å². The quantitative estimate of drug-likeness (QED) is 0.763. The normalized spacial score (nSPS) is 18.5. The summed E-state index contributed by atoms with van der Waals surface area (Å²) in [6.07, 6.45) is 1.31. The van der Waals surface area contributed by atoms with Crippen molar-refractivity contribution in [1.82, 2.24) is 20.1 Å². The number of hydrogen-bond acceptors (Lipinski definition) is 8. The summed E-state index contributed by atoms with van der Waals surface area (Å²) in [6, 6.07) is 6.44. The Labute approximate surface area is 138 Å². The van der Waals surface area contributed by atoms with Crippen LogP contribution in [0.5, 0.6) is 0 Å². The number of ether oxygens (including phenoxy) is 1. The maximum absolute atomic E-state index is 5.62. The number of fused-ring (bicyclic) bond motifs is 1. The molecular weight excluding hydrogens is 310 g/mol. The third kappa shape index (κ3) is 3.10. The van der Waals surface area contributed by atoms with Crippen LogP contribution in [0, 0.1) is 6.92 Å². The molecule has 0 spiro atoms. The molecule has 4 rings (SSSR count). The maximum Gasteiger partial charge on any atom is 0.323 e. The molecule has 1 fully saturated rings. The van der Waals surface area contributed by atoms with E-state index in [0.29, 0.717) is 24.0 Å². The number of likely N-dealkylation sites (tertiary alicyclic amines) is 1. The van der Waals surface area contributed by atoms with Crippen molar-refractivity contribution in [1.29, 1.82) is 0 Å². The third-order valence-electron chi connectivity index (χ3n) is 4.15. The highest BCUT2D eigenvalue weighted by atomic mass is 16.5. The molecule has 126 valence electrons. The topological polar surface area (TPSA) is 89.5 Å². The average Bonchev–Trinajstić information content (AvgIpc) is 3.27. The summed E-state index contributed by atoms with van der Waals surface area (Å²) in [5.41, 5.74) is 2.63. The van der Waals surface area contributed by atoms with Crippen LogP contribution in [-0.2, 0) is 11.3 Å². The molecule has 0 amide bonds. The summed E-state index contributed by atoms with van der Waals surface area (Å²) in [7, 11) is 1.74. The maximum atomic E-state index is 5.62. The molecule has 2 aromatic heterocycles. The predicted molar refractivity (Wildman–Crippen MR) is 87.0 cm³/mol. The van der Waals surface area contributed by atoms with Gasteiger partial charge in [-0.15, -0.1) is 5.10 Å². The molecule has 3 heterocycles. The Bertz CT molecular complexity index is 843. The van der Waals surface area contributed by atoms with Crippen LogP contribution in [0.3, 0.4) is 0 Å². The highest BCUT2D eigenvalue weighted by molar-refractivity contribution is 5.75. The Hall–Kier alpha value is -2.45. The number of nitrogens with zero attached hydrogens (tertiary/aromatic N) is 4. The number of methoxy groups -OCH3 is 1. The largest absolute Gasteiger partial charge is 0.423 e. The molecule has 0 radical (unpaired) electrons. The van der Waals surface area contributed by atoms with Crippen LogP contribution in [0.15, 0.2) is 27.0 Å². The van der Waals surface area contributed by atoms with Gasteiger partial charge in [-0.25, -0.2) is 0 Å². The van der Waals surface area contributed by atoms with Crippen LogP contribution in [-0.4, -0.2) is 46.4 Å². The Morgan fingerprint density at radius 3 is 3.04 bits per heavy atom. The molecule has 3 aromatic rings. The molecular formula is C16H19N5O3. The van der Waals surface area contributed by atoms with E-state index in [2.05, 4.69) is 25.4 Å². The Kier molecular flexibility index (Phi) is 3.91. The van der Waals surface area contributed by atoms with Gasteiger partial charge in [0.2, 0.25) is 5.89 Å². The van der Waals surface area contributed by atoms with Crippen LogP contribution in [0.4, 0.5) is 12.0 Å². The second kappa shape index (κ2) is 6.21. The minimum Gasteiger partial charge on any atom is -0.423 e. The fourth-order valence-electron chi connectivity index (χ4n) is 2.87. The molecule has 0 aliphatic carbocycles.